The maximum atomic E-state index is 14.7. The number of aliphatic hydroxyl groups is 1. The van der Waals surface area contributed by atoms with Crippen molar-refractivity contribution in [2.75, 3.05) is 31.2 Å². The van der Waals surface area contributed by atoms with Gasteiger partial charge in [0.1, 0.15) is 23.2 Å². The molecule has 0 saturated carbocycles. The molecule has 8 heteroatoms. The number of aliphatic hydroxyl groups excluding tert-OH is 1. The number of esters is 1. The highest BCUT2D eigenvalue weighted by Gasteiger charge is 2.75. The number of amides is 2. The summed E-state index contributed by atoms with van der Waals surface area (Å²) < 4.78 is 12.7. The van der Waals surface area contributed by atoms with Crippen molar-refractivity contribution in [3.8, 4) is 0 Å². The molecule has 1 spiro atoms. The number of hydrogen-bond acceptors (Lipinski definition) is 6. The van der Waals surface area contributed by atoms with Gasteiger partial charge in [-0.15, -0.1) is 0 Å². The number of benzene rings is 2. The second kappa shape index (κ2) is 11.1. The van der Waals surface area contributed by atoms with Crippen LogP contribution >= 0.6 is 0 Å². The maximum Gasteiger partial charge on any atom is 0.313 e. The fourth-order valence-corrected chi connectivity index (χ4v) is 7.26. The van der Waals surface area contributed by atoms with Crippen LogP contribution < -0.4 is 4.90 Å². The van der Waals surface area contributed by atoms with Gasteiger partial charge in [-0.05, 0) is 61.4 Å². The van der Waals surface area contributed by atoms with Gasteiger partial charge in [-0.25, -0.2) is 0 Å². The van der Waals surface area contributed by atoms with E-state index < -0.39 is 35.0 Å². The molecule has 2 aromatic rings. The van der Waals surface area contributed by atoms with Crippen LogP contribution in [0.1, 0.15) is 45.4 Å². The number of likely N-dealkylation sites (tertiary alicyclic amines) is 1. The van der Waals surface area contributed by atoms with Gasteiger partial charge in [0.25, 0.3) is 5.91 Å². The summed E-state index contributed by atoms with van der Waals surface area (Å²) >= 11 is 0. The topological polar surface area (TPSA) is 96.4 Å². The van der Waals surface area contributed by atoms with E-state index in [0.717, 1.165) is 29.3 Å². The predicted octanol–water partition coefficient (Wildman–Crippen LogP) is 4.16. The number of anilines is 1. The standard InChI is InChI=1S/C33H38N2O6/c1-2-32-16-7-3-10-21-40-31(39)27(32)26-29(37)35(18-8-4-9-20-36)28-30(38)34(19-11-17-33(26,28)41-32)25-15-14-23-12-5-6-13-24(23)22-25/h5-7,11-17,22,26-28,36H,2-4,8-10,18-21H2,1H3/b16-7-/t26-,27+,28?,32-,33-/m0/s1. The Morgan fingerprint density at radius 1 is 0.951 bits per heavy atom. The van der Waals surface area contributed by atoms with Crippen molar-refractivity contribution in [3.63, 3.8) is 0 Å². The SMILES string of the molecule is CC[C@]12/C=C\CCCOC(=O)[C@H]1[C@H]1C(=O)N(CCCCCO)C3C(=O)N(c4ccc5ccccc5c4)CC=C[C@@]31O2. The Morgan fingerprint density at radius 3 is 2.59 bits per heavy atom. The van der Waals surface area contributed by atoms with E-state index in [-0.39, 0.29) is 25.0 Å². The van der Waals surface area contributed by atoms with Gasteiger partial charge in [-0.3, -0.25) is 14.4 Å². The van der Waals surface area contributed by atoms with Crippen LogP contribution in [0.15, 0.2) is 66.8 Å². The van der Waals surface area contributed by atoms with E-state index in [1.54, 1.807) is 9.80 Å². The van der Waals surface area contributed by atoms with Crippen molar-refractivity contribution in [1.82, 2.24) is 4.90 Å². The van der Waals surface area contributed by atoms with Gasteiger partial charge in [0.15, 0.2) is 0 Å². The smallest absolute Gasteiger partial charge is 0.313 e. The first-order chi connectivity index (χ1) is 20.0. The molecule has 0 aliphatic carbocycles. The summed E-state index contributed by atoms with van der Waals surface area (Å²) in [4.78, 5) is 46.1. The minimum Gasteiger partial charge on any atom is -0.465 e. The molecule has 5 atom stereocenters. The third kappa shape index (κ3) is 4.48. The lowest BCUT2D eigenvalue weighted by atomic mass is 9.73. The van der Waals surface area contributed by atoms with Gasteiger partial charge >= 0.3 is 5.97 Å². The molecule has 1 unspecified atom stereocenters. The fourth-order valence-electron chi connectivity index (χ4n) is 7.26. The zero-order valence-corrected chi connectivity index (χ0v) is 23.5. The van der Waals surface area contributed by atoms with E-state index in [0.29, 0.717) is 38.8 Å². The van der Waals surface area contributed by atoms with Crippen molar-refractivity contribution < 1.29 is 29.0 Å². The highest BCUT2D eigenvalue weighted by molar-refractivity contribution is 6.06. The lowest BCUT2D eigenvalue weighted by Crippen LogP contribution is -2.56. The number of hydrogen-bond donors (Lipinski definition) is 1. The van der Waals surface area contributed by atoms with Crippen molar-refractivity contribution in [2.45, 2.75) is 62.7 Å². The number of rotatable bonds is 7. The van der Waals surface area contributed by atoms with Gasteiger partial charge < -0.3 is 24.4 Å². The van der Waals surface area contributed by atoms with Crippen LogP contribution in [0.4, 0.5) is 5.69 Å². The molecule has 6 rings (SSSR count). The van der Waals surface area contributed by atoms with Crippen LogP contribution in [0.2, 0.25) is 0 Å². The first kappa shape index (κ1) is 27.7. The Hall–Kier alpha value is -3.49. The molecule has 4 aliphatic heterocycles. The quantitative estimate of drug-likeness (QED) is 0.312. The molecule has 0 aromatic heterocycles. The maximum absolute atomic E-state index is 14.7. The van der Waals surface area contributed by atoms with Crippen molar-refractivity contribution in [2.24, 2.45) is 11.8 Å². The molecule has 216 valence electrons. The Morgan fingerprint density at radius 2 is 1.78 bits per heavy atom. The minimum absolute atomic E-state index is 0.0731. The Balaban J connectivity index is 1.45. The van der Waals surface area contributed by atoms with Crippen molar-refractivity contribution >= 4 is 34.2 Å². The molecule has 1 N–H and O–H groups in total. The number of nitrogens with zero attached hydrogens (tertiary/aromatic N) is 2. The average molecular weight is 559 g/mol. The fraction of sp³-hybridized carbons (Fsp3) is 0.485. The zero-order chi connectivity index (χ0) is 28.6. The molecular weight excluding hydrogens is 520 g/mol. The number of allylic oxidation sites excluding steroid dienone is 1. The molecule has 0 radical (unpaired) electrons. The normalized spacial score (nSPS) is 32.0. The van der Waals surface area contributed by atoms with Crippen LogP contribution in [-0.2, 0) is 23.9 Å². The molecule has 2 saturated heterocycles. The van der Waals surface area contributed by atoms with Crippen LogP contribution in [0.25, 0.3) is 10.8 Å². The molecule has 2 fully saturated rings. The number of fused-ring (bicyclic) bond motifs is 3. The Bertz CT molecular complexity index is 1400. The Kier molecular flexibility index (Phi) is 7.47. The second-order valence-corrected chi connectivity index (χ2v) is 11.5. The molecule has 2 aromatic carbocycles. The summed E-state index contributed by atoms with van der Waals surface area (Å²) in [7, 11) is 0. The summed E-state index contributed by atoms with van der Waals surface area (Å²) in [5.74, 6) is -2.65. The molecule has 41 heavy (non-hydrogen) atoms. The van der Waals surface area contributed by atoms with Gasteiger partial charge in [-0.1, -0.05) is 61.6 Å². The van der Waals surface area contributed by atoms with E-state index in [1.807, 2.05) is 73.7 Å². The van der Waals surface area contributed by atoms with E-state index in [1.165, 1.54) is 0 Å². The number of carbonyl (C=O) groups is 3. The molecule has 4 aliphatic rings. The minimum atomic E-state index is -1.31. The molecule has 0 bridgehead atoms. The van der Waals surface area contributed by atoms with Crippen LogP contribution in [0, 0.1) is 11.8 Å². The predicted molar refractivity (Wildman–Crippen MR) is 155 cm³/mol. The summed E-state index contributed by atoms with van der Waals surface area (Å²) in [5, 5.41) is 11.4. The lowest BCUT2D eigenvalue weighted by Gasteiger charge is -2.38. The van der Waals surface area contributed by atoms with Gasteiger partial charge in [0, 0.05) is 25.4 Å². The summed E-state index contributed by atoms with van der Waals surface area (Å²) in [5.41, 5.74) is -1.61. The van der Waals surface area contributed by atoms with Gasteiger partial charge in [0.05, 0.1) is 12.5 Å². The lowest BCUT2D eigenvalue weighted by molar-refractivity contribution is -0.159. The van der Waals surface area contributed by atoms with Crippen molar-refractivity contribution in [1.29, 1.82) is 0 Å². The first-order valence-corrected chi connectivity index (χ1v) is 14.9. The number of unbranched alkanes of at least 4 members (excludes halogenated alkanes) is 2. The summed E-state index contributed by atoms with van der Waals surface area (Å²) in [6.45, 7) is 2.97. The third-order valence-electron chi connectivity index (χ3n) is 9.23. The van der Waals surface area contributed by atoms with Gasteiger partial charge in [-0.2, -0.15) is 0 Å². The van der Waals surface area contributed by atoms with E-state index in [2.05, 4.69) is 0 Å². The molecule has 2 amide bonds. The monoisotopic (exact) mass is 558 g/mol. The van der Waals surface area contributed by atoms with Crippen molar-refractivity contribution in [3.05, 3.63) is 66.8 Å². The largest absolute Gasteiger partial charge is 0.465 e. The van der Waals surface area contributed by atoms with Crippen LogP contribution in [0.3, 0.4) is 0 Å². The molecular formula is C33H38N2O6. The number of ether oxygens (including phenoxy) is 2. The molecule has 8 nitrogen and oxygen atoms in total. The number of carbonyl (C=O) groups excluding carboxylic acids is 3. The summed E-state index contributed by atoms with van der Waals surface area (Å²) in [6, 6.07) is 13.0. The first-order valence-electron chi connectivity index (χ1n) is 14.9. The van der Waals surface area contributed by atoms with Crippen LogP contribution in [-0.4, -0.2) is 71.3 Å². The highest BCUT2D eigenvalue weighted by atomic mass is 16.6. The Labute approximate surface area is 240 Å². The highest BCUT2D eigenvalue weighted by Crippen LogP contribution is 2.58. The second-order valence-electron chi connectivity index (χ2n) is 11.5. The third-order valence-corrected chi connectivity index (χ3v) is 9.23. The van der Waals surface area contributed by atoms with E-state index >= 15 is 0 Å². The summed E-state index contributed by atoms with van der Waals surface area (Å²) in [6.07, 6.45) is 11.6. The van der Waals surface area contributed by atoms with Crippen LogP contribution in [0.5, 0.6) is 0 Å². The number of cyclic esters (lactones) is 1. The van der Waals surface area contributed by atoms with E-state index in [9.17, 15) is 19.5 Å². The van der Waals surface area contributed by atoms with E-state index in [4.69, 9.17) is 9.47 Å². The zero-order valence-electron chi connectivity index (χ0n) is 23.5. The van der Waals surface area contributed by atoms with Gasteiger partial charge in [0.2, 0.25) is 5.91 Å². The molecule has 4 heterocycles. The average Bonchev–Trinajstić information content (AvgIpc) is 3.36.